The zero-order valence-electron chi connectivity index (χ0n) is 9.77. The predicted octanol–water partition coefficient (Wildman–Crippen LogP) is 3.89. The molecule has 0 fully saturated rings. The zero-order chi connectivity index (χ0) is 11.6. The first-order valence-corrected chi connectivity index (χ1v) is 6.69. The van der Waals surface area contributed by atoms with Crippen molar-refractivity contribution in [3.63, 3.8) is 0 Å². The molecular formula is C10H21O4P. The van der Waals surface area contributed by atoms with Crippen LogP contribution in [0.1, 0.15) is 39.0 Å². The maximum absolute atomic E-state index is 11.4. The molecule has 0 aromatic heterocycles. The average molecular weight is 236 g/mol. The number of unbranched alkanes of at least 4 members (excludes halogenated alkanes) is 4. The van der Waals surface area contributed by atoms with Crippen molar-refractivity contribution in [3.8, 4) is 0 Å². The van der Waals surface area contributed by atoms with Crippen LogP contribution in [0.3, 0.4) is 0 Å². The van der Waals surface area contributed by atoms with E-state index >= 15 is 0 Å². The van der Waals surface area contributed by atoms with Crippen LogP contribution in [0.2, 0.25) is 0 Å². The van der Waals surface area contributed by atoms with Gasteiger partial charge in [-0.15, -0.1) is 0 Å². The van der Waals surface area contributed by atoms with Gasteiger partial charge >= 0.3 is 7.82 Å². The minimum Gasteiger partial charge on any atom is -0.412 e. The Morgan fingerprint density at radius 2 is 1.80 bits per heavy atom. The molecule has 0 unspecified atom stereocenters. The van der Waals surface area contributed by atoms with E-state index in [-0.39, 0.29) is 0 Å². The van der Waals surface area contributed by atoms with Gasteiger partial charge in [0.2, 0.25) is 0 Å². The second-order valence-corrected chi connectivity index (χ2v) is 4.97. The molecule has 0 aromatic rings. The van der Waals surface area contributed by atoms with Crippen molar-refractivity contribution >= 4 is 7.82 Å². The van der Waals surface area contributed by atoms with Gasteiger partial charge in [-0.3, -0.25) is 9.05 Å². The summed E-state index contributed by atoms with van der Waals surface area (Å²) in [4.78, 5) is 0. The maximum atomic E-state index is 11.4. The van der Waals surface area contributed by atoms with E-state index < -0.39 is 7.82 Å². The standard InChI is InChI=1S/C10H21O4P/c1-4-5-6-7-8-9-10-14-15(11,12-2)13-3/h9-10H,4-8H2,1-3H3. The molecule has 0 saturated heterocycles. The number of allylic oxidation sites excluding steroid dienone is 1. The fraction of sp³-hybridized carbons (Fsp3) is 0.800. The smallest absolute Gasteiger partial charge is 0.412 e. The monoisotopic (exact) mass is 236 g/mol. The van der Waals surface area contributed by atoms with Gasteiger partial charge in [-0.25, -0.2) is 4.57 Å². The second-order valence-electron chi connectivity index (χ2n) is 3.14. The normalized spacial score (nSPS) is 12.2. The molecule has 4 nitrogen and oxygen atoms in total. The summed E-state index contributed by atoms with van der Waals surface area (Å²) < 4.78 is 25.4. The van der Waals surface area contributed by atoms with Crippen LogP contribution in [-0.2, 0) is 18.1 Å². The van der Waals surface area contributed by atoms with E-state index in [0.717, 1.165) is 12.8 Å². The van der Waals surface area contributed by atoms with Crippen LogP contribution in [0, 0.1) is 0 Å². The van der Waals surface area contributed by atoms with Gasteiger partial charge in [-0.05, 0) is 18.9 Å². The van der Waals surface area contributed by atoms with Crippen LogP contribution < -0.4 is 0 Å². The number of phosphoric acid groups is 1. The molecule has 0 aliphatic carbocycles. The Morgan fingerprint density at radius 1 is 1.13 bits per heavy atom. The van der Waals surface area contributed by atoms with E-state index in [1.54, 1.807) is 0 Å². The molecule has 0 amide bonds. The molecule has 90 valence electrons. The summed E-state index contributed by atoms with van der Waals surface area (Å²) in [5, 5.41) is 0. The lowest BCUT2D eigenvalue weighted by molar-refractivity contribution is 0.193. The molecule has 0 rings (SSSR count). The van der Waals surface area contributed by atoms with Crippen molar-refractivity contribution in [1.82, 2.24) is 0 Å². The Labute approximate surface area is 92.2 Å². The predicted molar refractivity (Wildman–Crippen MR) is 60.6 cm³/mol. The van der Waals surface area contributed by atoms with Gasteiger partial charge in [0.15, 0.2) is 0 Å². The van der Waals surface area contributed by atoms with Crippen molar-refractivity contribution in [2.75, 3.05) is 14.2 Å². The van der Waals surface area contributed by atoms with Crippen LogP contribution in [0.4, 0.5) is 0 Å². The third kappa shape index (κ3) is 7.60. The lowest BCUT2D eigenvalue weighted by atomic mass is 10.2. The van der Waals surface area contributed by atoms with E-state index in [4.69, 9.17) is 4.52 Å². The Bertz CT molecular complexity index is 207. The molecule has 0 radical (unpaired) electrons. The highest BCUT2D eigenvalue weighted by Crippen LogP contribution is 2.47. The SMILES string of the molecule is CCCCCCC=COP(=O)(OC)OC. The fourth-order valence-electron chi connectivity index (χ4n) is 1.04. The summed E-state index contributed by atoms with van der Waals surface area (Å²) >= 11 is 0. The molecule has 0 aromatic carbocycles. The molecule has 0 aliphatic heterocycles. The maximum Gasteiger partial charge on any atom is 0.528 e. The second kappa shape index (κ2) is 8.96. The molecule has 0 bridgehead atoms. The molecule has 0 spiro atoms. The van der Waals surface area contributed by atoms with Crippen molar-refractivity contribution in [1.29, 1.82) is 0 Å². The first kappa shape index (κ1) is 14.7. The highest BCUT2D eigenvalue weighted by molar-refractivity contribution is 7.48. The average Bonchev–Trinajstić information content (AvgIpc) is 2.27. The number of hydrogen-bond donors (Lipinski definition) is 0. The van der Waals surface area contributed by atoms with Crippen LogP contribution in [0.15, 0.2) is 12.3 Å². The van der Waals surface area contributed by atoms with Gasteiger partial charge in [0.1, 0.15) is 0 Å². The molecule has 15 heavy (non-hydrogen) atoms. The van der Waals surface area contributed by atoms with Gasteiger partial charge in [-0.2, -0.15) is 0 Å². The summed E-state index contributed by atoms with van der Waals surface area (Å²) in [5.74, 6) is 0. The first-order valence-electron chi connectivity index (χ1n) is 5.23. The van der Waals surface area contributed by atoms with Gasteiger partial charge in [0.25, 0.3) is 0 Å². The van der Waals surface area contributed by atoms with Crippen LogP contribution in [0.5, 0.6) is 0 Å². The Hall–Kier alpha value is -0.310. The van der Waals surface area contributed by atoms with E-state index in [2.05, 4.69) is 16.0 Å². The summed E-state index contributed by atoms with van der Waals surface area (Å²) in [7, 11) is -0.747. The Morgan fingerprint density at radius 3 is 2.33 bits per heavy atom. The molecule has 0 N–H and O–H groups in total. The third-order valence-corrected chi connectivity index (χ3v) is 3.23. The van der Waals surface area contributed by atoms with Gasteiger partial charge in [0, 0.05) is 14.2 Å². The summed E-state index contributed by atoms with van der Waals surface area (Å²) in [6.07, 6.45) is 8.96. The molecule has 0 saturated carbocycles. The lowest BCUT2D eigenvalue weighted by Crippen LogP contribution is -1.88. The van der Waals surface area contributed by atoms with E-state index in [9.17, 15) is 4.57 Å². The van der Waals surface area contributed by atoms with Gasteiger partial charge < -0.3 is 4.52 Å². The largest absolute Gasteiger partial charge is 0.528 e. The van der Waals surface area contributed by atoms with E-state index in [1.807, 2.05) is 6.08 Å². The van der Waals surface area contributed by atoms with Crippen LogP contribution in [0.25, 0.3) is 0 Å². The topological polar surface area (TPSA) is 44.8 Å². The Kier molecular flexibility index (Phi) is 8.77. The number of phosphoric ester groups is 1. The molecule has 0 atom stereocenters. The first-order chi connectivity index (χ1) is 7.18. The fourth-order valence-corrected chi connectivity index (χ4v) is 1.59. The Balaban J connectivity index is 3.57. The minimum absolute atomic E-state index is 0.924. The molecule has 0 heterocycles. The lowest BCUT2D eigenvalue weighted by Gasteiger charge is -2.10. The third-order valence-electron chi connectivity index (χ3n) is 1.96. The van der Waals surface area contributed by atoms with Crippen LogP contribution in [-0.4, -0.2) is 14.2 Å². The highest BCUT2D eigenvalue weighted by atomic mass is 31.2. The molecule has 5 heteroatoms. The number of rotatable bonds is 9. The minimum atomic E-state index is -3.33. The highest BCUT2D eigenvalue weighted by Gasteiger charge is 2.21. The summed E-state index contributed by atoms with van der Waals surface area (Å²) in [6.45, 7) is 2.17. The molecule has 0 aliphatic rings. The van der Waals surface area contributed by atoms with E-state index in [1.165, 1.54) is 39.7 Å². The molecular weight excluding hydrogens is 215 g/mol. The van der Waals surface area contributed by atoms with Crippen molar-refractivity contribution in [2.24, 2.45) is 0 Å². The van der Waals surface area contributed by atoms with Crippen molar-refractivity contribution in [2.45, 2.75) is 39.0 Å². The summed E-state index contributed by atoms with van der Waals surface area (Å²) in [6, 6.07) is 0. The van der Waals surface area contributed by atoms with E-state index in [0.29, 0.717) is 0 Å². The zero-order valence-corrected chi connectivity index (χ0v) is 10.7. The van der Waals surface area contributed by atoms with Crippen molar-refractivity contribution in [3.05, 3.63) is 12.3 Å². The summed E-state index contributed by atoms with van der Waals surface area (Å²) in [5.41, 5.74) is 0. The number of hydrogen-bond acceptors (Lipinski definition) is 4. The quantitative estimate of drug-likeness (QED) is 0.346. The van der Waals surface area contributed by atoms with Crippen molar-refractivity contribution < 1.29 is 18.1 Å². The van der Waals surface area contributed by atoms with Gasteiger partial charge in [-0.1, -0.05) is 26.2 Å². The van der Waals surface area contributed by atoms with Gasteiger partial charge in [0.05, 0.1) is 6.26 Å². The van der Waals surface area contributed by atoms with Crippen LogP contribution >= 0.6 is 7.82 Å².